The molecule has 1 aliphatic heterocycles. The van der Waals surface area contributed by atoms with Crippen LogP contribution in [0.25, 0.3) is 66.4 Å². The average molecular weight is 909 g/mol. The Kier molecular flexibility index (Phi) is 10.3. The normalized spacial score (nSPS) is 12.1. The third kappa shape index (κ3) is 6.95. The third-order valence-corrected chi connectivity index (χ3v) is 19.2. The maximum Gasteiger partial charge on any atom is 0.252 e. The van der Waals surface area contributed by atoms with Gasteiger partial charge in [0.1, 0.15) is 22.7 Å². The van der Waals surface area contributed by atoms with E-state index in [0.29, 0.717) is 0 Å². The Morgan fingerprint density at radius 3 is 1.31 bits per heavy atom. The second-order valence-electron chi connectivity index (χ2n) is 18.3. The fourth-order valence-corrected chi connectivity index (χ4v) is 16.1. The van der Waals surface area contributed by atoms with E-state index in [9.17, 15) is 0 Å². The summed E-state index contributed by atoms with van der Waals surface area (Å²) in [5.74, 6) is 1.77. The van der Waals surface area contributed by atoms with Gasteiger partial charge in [-0.05, 0) is 107 Å². The summed E-state index contributed by atoms with van der Waals surface area (Å²) in [5.41, 5.74) is 14.4. The quantitative estimate of drug-likeness (QED) is 0.106. The van der Waals surface area contributed by atoms with Gasteiger partial charge in [-0.2, -0.15) is 0 Å². The average Bonchev–Trinajstić information content (AvgIpc) is 3.82. The summed E-state index contributed by atoms with van der Waals surface area (Å²) in [6.45, 7) is -0.0829. The molecule has 0 amide bonds. The molecule has 1 aliphatic rings. The number of para-hydroxylation sites is 3. The molecule has 0 bridgehead atoms. The van der Waals surface area contributed by atoms with Gasteiger partial charge in [0, 0.05) is 16.3 Å². The Morgan fingerprint density at radius 1 is 0.300 bits per heavy atom. The number of hydrogen-bond donors (Lipinski definition) is 0. The maximum absolute atomic E-state index is 7.00. The van der Waals surface area contributed by atoms with Crippen molar-refractivity contribution in [3.63, 3.8) is 0 Å². The van der Waals surface area contributed by atoms with Crippen molar-refractivity contribution in [3.05, 3.63) is 273 Å². The van der Waals surface area contributed by atoms with E-state index in [1.807, 2.05) is 0 Å². The smallest absolute Gasteiger partial charge is 0.252 e. The summed E-state index contributed by atoms with van der Waals surface area (Å²) in [6, 6.07) is 99.5. The van der Waals surface area contributed by atoms with Crippen molar-refractivity contribution in [2.75, 3.05) is 0 Å². The second kappa shape index (κ2) is 17.4. The minimum absolute atomic E-state index is 0.0829. The first kappa shape index (κ1) is 41.5. The Morgan fingerprint density at radius 2 is 0.757 bits per heavy atom. The number of hydrogen-bond acceptors (Lipinski definition) is 2. The molecule has 0 fully saturated rings. The first-order chi connectivity index (χ1) is 34.7. The molecule has 1 aromatic heterocycles. The number of ether oxygens (including phenoxy) is 1. The Hall–Kier alpha value is -8.70. The van der Waals surface area contributed by atoms with E-state index in [-0.39, 0.29) is 6.71 Å². The number of fused-ring (bicyclic) bond motifs is 5. The first-order valence-corrected chi connectivity index (χ1v) is 26.1. The van der Waals surface area contributed by atoms with Crippen molar-refractivity contribution in [1.82, 2.24) is 0 Å². The fraction of sp³-hybridized carbons (Fsp3) is 0. The Bertz CT molecular complexity index is 3650. The molecule has 11 aromatic carbocycles. The van der Waals surface area contributed by atoms with Crippen molar-refractivity contribution in [2.24, 2.45) is 0 Å². The van der Waals surface area contributed by atoms with Gasteiger partial charge in [0.2, 0.25) is 0 Å². The highest BCUT2D eigenvalue weighted by Crippen LogP contribution is 2.41. The molecule has 0 N–H and O–H groups in total. The van der Waals surface area contributed by atoms with Gasteiger partial charge in [-0.3, -0.25) is 0 Å². The van der Waals surface area contributed by atoms with Gasteiger partial charge in [-0.15, -0.1) is 0 Å². The van der Waals surface area contributed by atoms with Crippen LogP contribution in [0.15, 0.2) is 277 Å². The number of rotatable bonds is 9. The van der Waals surface area contributed by atoms with Crippen LogP contribution in [0.1, 0.15) is 0 Å². The highest BCUT2D eigenvalue weighted by molar-refractivity contribution is 7.20. The van der Waals surface area contributed by atoms with Crippen molar-refractivity contribution in [2.45, 2.75) is 0 Å². The van der Waals surface area contributed by atoms with Crippen LogP contribution in [0.5, 0.6) is 11.5 Å². The molecule has 2 nitrogen and oxygen atoms in total. The van der Waals surface area contributed by atoms with Gasteiger partial charge >= 0.3 is 0 Å². The monoisotopic (exact) mass is 908 g/mol. The van der Waals surface area contributed by atoms with Crippen LogP contribution in [0, 0.1) is 0 Å². The SMILES string of the molecule is c1ccc(-c2cc(-c3cccc4c3oc3ccc(-c5cccc([Si](c6ccccc6)(c6ccccc6)c6ccccc6)c5)cc34)cc(-c3ccccc3)c2B2c3ccccc3Oc3ccccc32)cc1. The van der Waals surface area contributed by atoms with Crippen molar-refractivity contribution in [3.8, 4) is 56.0 Å². The summed E-state index contributed by atoms with van der Waals surface area (Å²) < 4.78 is 13.6. The van der Waals surface area contributed by atoms with Crippen molar-refractivity contribution in [1.29, 1.82) is 0 Å². The highest BCUT2D eigenvalue weighted by atomic mass is 28.3. The zero-order valence-electron chi connectivity index (χ0n) is 38.4. The summed E-state index contributed by atoms with van der Waals surface area (Å²) >= 11 is 0. The molecule has 12 aromatic rings. The number of benzene rings is 11. The van der Waals surface area contributed by atoms with Crippen LogP contribution >= 0.6 is 0 Å². The minimum Gasteiger partial charge on any atom is -0.458 e. The van der Waals surface area contributed by atoms with Gasteiger partial charge in [0.25, 0.3) is 6.71 Å². The van der Waals surface area contributed by atoms with E-state index in [2.05, 4.69) is 273 Å². The molecule has 2 heterocycles. The molecule has 0 atom stereocenters. The lowest BCUT2D eigenvalue weighted by Gasteiger charge is -2.34. The maximum atomic E-state index is 7.00. The largest absolute Gasteiger partial charge is 0.458 e. The molecule has 0 saturated heterocycles. The number of furan rings is 1. The molecule has 0 radical (unpaired) electrons. The lowest BCUT2D eigenvalue weighted by molar-refractivity contribution is 0.487. The van der Waals surface area contributed by atoms with Crippen LogP contribution in [0.2, 0.25) is 0 Å². The van der Waals surface area contributed by atoms with E-state index in [0.717, 1.165) is 72.2 Å². The lowest BCUT2D eigenvalue weighted by Crippen LogP contribution is -2.74. The van der Waals surface area contributed by atoms with Crippen molar-refractivity contribution >= 4 is 73.9 Å². The van der Waals surface area contributed by atoms with Crippen LogP contribution in [0.4, 0.5) is 0 Å². The first-order valence-electron chi connectivity index (χ1n) is 24.1. The highest BCUT2D eigenvalue weighted by Gasteiger charge is 2.41. The predicted molar refractivity (Wildman–Crippen MR) is 297 cm³/mol. The van der Waals surface area contributed by atoms with E-state index in [4.69, 9.17) is 9.15 Å². The Balaban J connectivity index is 0.997. The van der Waals surface area contributed by atoms with E-state index in [1.165, 1.54) is 42.9 Å². The standard InChI is InChI=1S/C66H45BO2Si/c1-6-22-46(23-7-1)57-44-50(45-58(47-24-8-2-9-25-47)65(57)67-60-36-16-18-38-63(60)68-64-39-19-17-37-61(64)67)55-34-21-35-56-59-43-49(40-41-62(59)69-66(55)56)48-26-20-33-54(42-48)70(51-27-10-3-11-28-51,52-29-12-4-13-30-52)53-31-14-5-15-32-53/h1-45H. The molecular formula is C66H45BO2Si. The van der Waals surface area contributed by atoms with Gasteiger partial charge in [0.15, 0.2) is 8.07 Å². The molecule has 328 valence electrons. The van der Waals surface area contributed by atoms with Gasteiger partial charge in [0.05, 0.1) is 0 Å². The van der Waals surface area contributed by atoms with Crippen LogP contribution in [0.3, 0.4) is 0 Å². The van der Waals surface area contributed by atoms with Crippen molar-refractivity contribution < 1.29 is 9.15 Å². The van der Waals surface area contributed by atoms with Crippen LogP contribution in [-0.4, -0.2) is 14.8 Å². The zero-order valence-corrected chi connectivity index (χ0v) is 39.4. The topological polar surface area (TPSA) is 22.4 Å². The second-order valence-corrected chi connectivity index (χ2v) is 22.1. The van der Waals surface area contributed by atoms with Gasteiger partial charge in [-0.25, -0.2) is 0 Å². The molecule has 0 spiro atoms. The van der Waals surface area contributed by atoms with Crippen LogP contribution < -0.4 is 41.9 Å². The molecule has 70 heavy (non-hydrogen) atoms. The molecule has 0 saturated carbocycles. The molecule has 0 unspecified atom stereocenters. The summed E-state index contributed by atoms with van der Waals surface area (Å²) in [7, 11) is -2.73. The molecule has 4 heteroatoms. The minimum atomic E-state index is -2.73. The zero-order chi connectivity index (χ0) is 46.4. The van der Waals surface area contributed by atoms with E-state index >= 15 is 0 Å². The fourth-order valence-electron chi connectivity index (χ4n) is 11.3. The van der Waals surface area contributed by atoms with E-state index in [1.54, 1.807) is 0 Å². The summed E-state index contributed by atoms with van der Waals surface area (Å²) in [5, 5.41) is 7.59. The lowest BCUT2D eigenvalue weighted by atomic mass is 9.34. The Labute approximate surface area is 409 Å². The third-order valence-electron chi connectivity index (χ3n) is 14.4. The van der Waals surface area contributed by atoms with E-state index < -0.39 is 8.07 Å². The molecular weight excluding hydrogens is 864 g/mol. The predicted octanol–water partition coefficient (Wildman–Crippen LogP) is 12.3. The van der Waals surface area contributed by atoms with Gasteiger partial charge < -0.3 is 9.15 Å². The molecule has 13 rings (SSSR count). The van der Waals surface area contributed by atoms with Crippen LogP contribution in [-0.2, 0) is 0 Å². The molecule has 0 aliphatic carbocycles. The summed E-state index contributed by atoms with van der Waals surface area (Å²) in [4.78, 5) is 0. The van der Waals surface area contributed by atoms with Gasteiger partial charge in [-0.1, -0.05) is 242 Å². The summed E-state index contributed by atoms with van der Waals surface area (Å²) in [6.07, 6.45) is 0.